The van der Waals surface area contributed by atoms with E-state index in [0.717, 1.165) is 28.1 Å². The molecule has 4 rings (SSSR count). The summed E-state index contributed by atoms with van der Waals surface area (Å²) in [6.45, 7) is 0. The molecule has 0 saturated carbocycles. The van der Waals surface area contributed by atoms with Gasteiger partial charge >= 0.3 is 0 Å². The number of imidazole rings is 1. The van der Waals surface area contributed by atoms with Gasteiger partial charge in [-0.2, -0.15) is 0 Å². The first-order chi connectivity index (χ1) is 13.7. The number of nitrogens with zero attached hydrogens (tertiary/aromatic N) is 1. The summed E-state index contributed by atoms with van der Waals surface area (Å²) < 4.78 is 27.5. The topological polar surface area (TPSA) is 28.7 Å². The SMILES string of the molecule is Fc1cccc(C(C[B]c2ncc(-c3ccccc3)[nH]2)c2cccc(F)c2)c1. The lowest BCUT2D eigenvalue weighted by Gasteiger charge is -2.17. The van der Waals surface area contributed by atoms with Crippen LogP contribution in [-0.2, 0) is 0 Å². The Morgan fingerprint density at radius 2 is 1.46 bits per heavy atom. The van der Waals surface area contributed by atoms with E-state index >= 15 is 0 Å². The molecular formula is C23H18BF2N2. The quantitative estimate of drug-likeness (QED) is 0.478. The van der Waals surface area contributed by atoms with Gasteiger partial charge in [0.25, 0.3) is 0 Å². The third kappa shape index (κ3) is 4.20. The molecule has 0 aliphatic heterocycles. The first-order valence-corrected chi connectivity index (χ1v) is 9.13. The van der Waals surface area contributed by atoms with Crippen LogP contribution < -0.4 is 5.72 Å². The lowest BCUT2D eigenvalue weighted by molar-refractivity contribution is 0.621. The summed E-state index contributed by atoms with van der Waals surface area (Å²) >= 11 is 0. The van der Waals surface area contributed by atoms with Gasteiger partial charge in [-0.15, -0.1) is 0 Å². The van der Waals surface area contributed by atoms with E-state index in [0.29, 0.717) is 6.32 Å². The molecular weight excluding hydrogens is 353 g/mol. The molecule has 0 spiro atoms. The number of benzene rings is 3. The van der Waals surface area contributed by atoms with Gasteiger partial charge in [-0.1, -0.05) is 60.9 Å². The maximum Gasteiger partial charge on any atom is 0.202 e. The lowest BCUT2D eigenvalue weighted by atomic mass is 9.65. The highest BCUT2D eigenvalue weighted by molar-refractivity contribution is 6.51. The maximum absolute atomic E-state index is 13.8. The predicted octanol–water partition coefficient (Wildman–Crippen LogP) is 4.93. The molecule has 3 aromatic carbocycles. The Morgan fingerprint density at radius 1 is 0.821 bits per heavy atom. The first-order valence-electron chi connectivity index (χ1n) is 9.13. The van der Waals surface area contributed by atoms with Gasteiger partial charge in [0.15, 0.2) is 0 Å². The van der Waals surface area contributed by atoms with Crippen LogP contribution in [0.4, 0.5) is 8.78 Å². The number of halogens is 2. The second-order valence-corrected chi connectivity index (χ2v) is 6.65. The van der Waals surface area contributed by atoms with Crippen LogP contribution in [0.3, 0.4) is 0 Å². The molecule has 4 aromatic rings. The van der Waals surface area contributed by atoms with Gasteiger partial charge in [-0.25, -0.2) is 8.78 Å². The normalized spacial score (nSPS) is 11.0. The molecule has 0 amide bonds. The molecule has 0 aliphatic rings. The molecule has 137 valence electrons. The molecule has 2 nitrogen and oxygen atoms in total. The molecule has 0 unspecified atom stereocenters. The van der Waals surface area contributed by atoms with Crippen molar-refractivity contribution in [1.82, 2.24) is 9.97 Å². The predicted molar refractivity (Wildman–Crippen MR) is 109 cm³/mol. The highest BCUT2D eigenvalue weighted by Crippen LogP contribution is 2.29. The molecule has 1 aromatic heterocycles. The molecule has 1 heterocycles. The van der Waals surface area contributed by atoms with E-state index in [1.807, 2.05) is 49.7 Å². The van der Waals surface area contributed by atoms with E-state index in [9.17, 15) is 8.78 Å². The third-order valence-electron chi connectivity index (χ3n) is 4.73. The van der Waals surface area contributed by atoms with Crippen molar-refractivity contribution in [2.45, 2.75) is 12.2 Å². The smallest absolute Gasteiger partial charge is 0.202 e. The Hall–Kier alpha value is -3.21. The highest BCUT2D eigenvalue weighted by Gasteiger charge is 2.17. The van der Waals surface area contributed by atoms with Crippen molar-refractivity contribution in [3.63, 3.8) is 0 Å². The summed E-state index contributed by atoms with van der Waals surface area (Å²) in [5.74, 6) is -0.775. The van der Waals surface area contributed by atoms with Crippen molar-refractivity contribution in [3.05, 3.63) is 108 Å². The van der Waals surface area contributed by atoms with Crippen LogP contribution in [0.5, 0.6) is 0 Å². The summed E-state index contributed by atoms with van der Waals surface area (Å²) in [4.78, 5) is 7.72. The van der Waals surface area contributed by atoms with E-state index in [-0.39, 0.29) is 17.6 Å². The Bertz CT molecular complexity index is 1020. The summed E-state index contributed by atoms with van der Waals surface area (Å²) in [5.41, 5.74) is 4.33. The Labute approximate surface area is 163 Å². The fourth-order valence-electron chi connectivity index (χ4n) is 3.35. The van der Waals surface area contributed by atoms with Gasteiger partial charge < -0.3 is 4.98 Å². The maximum atomic E-state index is 13.8. The lowest BCUT2D eigenvalue weighted by Crippen LogP contribution is -2.21. The van der Waals surface area contributed by atoms with Crippen molar-refractivity contribution in [2.24, 2.45) is 0 Å². The Kier molecular flexibility index (Phi) is 5.33. The van der Waals surface area contributed by atoms with Crippen LogP contribution in [0.15, 0.2) is 85.1 Å². The number of H-pyrrole nitrogens is 1. The zero-order valence-electron chi connectivity index (χ0n) is 15.1. The average Bonchev–Trinajstić information content (AvgIpc) is 3.18. The largest absolute Gasteiger partial charge is 0.351 e. The first kappa shape index (κ1) is 18.2. The number of hydrogen-bond acceptors (Lipinski definition) is 1. The molecule has 1 radical (unpaired) electrons. The standard InChI is InChI=1S/C23H18BF2N2/c25-19-10-4-8-17(12-19)21(18-9-5-11-20(26)13-18)14-24-23-27-15-22(28-23)16-6-2-1-3-7-16/h1-13,15,21H,14H2,(H,27,28). The Balaban J connectivity index is 1.57. The van der Waals surface area contributed by atoms with Crippen molar-refractivity contribution in [1.29, 1.82) is 0 Å². The van der Waals surface area contributed by atoms with Crippen LogP contribution >= 0.6 is 0 Å². The van der Waals surface area contributed by atoms with Gasteiger partial charge in [0.1, 0.15) is 11.6 Å². The third-order valence-corrected chi connectivity index (χ3v) is 4.73. The summed E-state index contributed by atoms with van der Waals surface area (Å²) in [5, 5.41) is 0. The van der Waals surface area contributed by atoms with Crippen LogP contribution in [0.1, 0.15) is 17.0 Å². The van der Waals surface area contributed by atoms with Crippen LogP contribution in [0.25, 0.3) is 11.3 Å². The average molecular weight is 371 g/mol. The number of rotatable bonds is 6. The number of aromatic amines is 1. The zero-order valence-corrected chi connectivity index (χ0v) is 15.1. The molecule has 0 bridgehead atoms. The molecule has 0 fully saturated rings. The minimum Gasteiger partial charge on any atom is -0.351 e. The fraction of sp³-hybridized carbons (Fsp3) is 0.0870. The van der Waals surface area contributed by atoms with Crippen molar-refractivity contribution < 1.29 is 8.78 Å². The number of aromatic nitrogens is 2. The number of nitrogens with one attached hydrogen (secondary N) is 1. The molecule has 5 heteroatoms. The van der Waals surface area contributed by atoms with Crippen LogP contribution in [0.2, 0.25) is 6.32 Å². The van der Waals surface area contributed by atoms with E-state index in [1.54, 1.807) is 18.3 Å². The molecule has 0 atom stereocenters. The summed E-state index contributed by atoms with van der Waals surface area (Å²) in [6.07, 6.45) is 2.36. The minimum absolute atomic E-state index is 0.170. The fourth-order valence-corrected chi connectivity index (χ4v) is 3.35. The molecule has 0 aliphatic carbocycles. The van der Waals surface area contributed by atoms with Gasteiger partial charge in [-0.3, -0.25) is 4.98 Å². The van der Waals surface area contributed by atoms with Gasteiger partial charge in [0.05, 0.1) is 17.6 Å². The van der Waals surface area contributed by atoms with Crippen molar-refractivity contribution in [3.8, 4) is 11.3 Å². The number of hydrogen-bond donors (Lipinski definition) is 1. The van der Waals surface area contributed by atoms with E-state index < -0.39 is 0 Å². The van der Waals surface area contributed by atoms with Gasteiger partial charge in [0.2, 0.25) is 7.28 Å². The van der Waals surface area contributed by atoms with E-state index in [1.165, 1.54) is 24.3 Å². The van der Waals surface area contributed by atoms with Crippen LogP contribution in [0, 0.1) is 11.6 Å². The second kappa shape index (κ2) is 8.22. The van der Waals surface area contributed by atoms with Gasteiger partial charge in [0, 0.05) is 5.92 Å². The molecule has 28 heavy (non-hydrogen) atoms. The monoisotopic (exact) mass is 371 g/mol. The second-order valence-electron chi connectivity index (χ2n) is 6.65. The summed E-state index contributed by atoms with van der Waals surface area (Å²) in [6, 6.07) is 22.9. The van der Waals surface area contributed by atoms with Gasteiger partial charge in [-0.05, 0) is 41.0 Å². The van der Waals surface area contributed by atoms with Crippen molar-refractivity contribution >= 4 is 13.0 Å². The highest BCUT2D eigenvalue weighted by atomic mass is 19.1. The van der Waals surface area contributed by atoms with Crippen molar-refractivity contribution in [2.75, 3.05) is 0 Å². The zero-order chi connectivity index (χ0) is 19.3. The van der Waals surface area contributed by atoms with Crippen LogP contribution in [-0.4, -0.2) is 17.2 Å². The summed E-state index contributed by atoms with van der Waals surface area (Å²) in [7, 11) is 1.97. The van der Waals surface area contributed by atoms with E-state index in [2.05, 4.69) is 9.97 Å². The Morgan fingerprint density at radius 3 is 2.07 bits per heavy atom. The molecule has 1 N–H and O–H groups in total. The molecule has 0 saturated heterocycles. The van der Waals surface area contributed by atoms with E-state index in [4.69, 9.17) is 0 Å². The minimum atomic E-state index is -0.303.